The molecule has 2 aromatic carbocycles. The van der Waals surface area contributed by atoms with Crippen molar-refractivity contribution in [3.8, 4) is 0 Å². The van der Waals surface area contributed by atoms with Gasteiger partial charge in [-0.05, 0) is 55.3 Å². The molecule has 0 saturated heterocycles. The second-order valence-electron chi connectivity index (χ2n) is 6.84. The lowest BCUT2D eigenvalue weighted by molar-refractivity contribution is -0.116. The summed E-state index contributed by atoms with van der Waals surface area (Å²) >= 11 is 7.12. The van der Waals surface area contributed by atoms with Crippen molar-refractivity contribution in [3.63, 3.8) is 0 Å². The van der Waals surface area contributed by atoms with E-state index in [4.69, 9.17) is 11.6 Å². The van der Waals surface area contributed by atoms with Gasteiger partial charge in [0.05, 0.1) is 12.2 Å². The Morgan fingerprint density at radius 1 is 1.03 bits per heavy atom. The van der Waals surface area contributed by atoms with Crippen LogP contribution in [-0.2, 0) is 23.1 Å². The molecule has 0 bridgehead atoms. The third-order valence-electron chi connectivity index (χ3n) is 4.37. The maximum Gasteiger partial charge on any atom is 0.234 e. The number of carbonyl (C=O) groups is 2. The highest BCUT2D eigenvalue weighted by Crippen LogP contribution is 2.20. The zero-order valence-corrected chi connectivity index (χ0v) is 18.5. The van der Waals surface area contributed by atoms with Crippen molar-refractivity contribution in [1.82, 2.24) is 14.8 Å². The molecule has 9 heteroatoms. The Morgan fingerprint density at radius 3 is 2.50 bits per heavy atom. The normalized spacial score (nSPS) is 10.7. The zero-order valence-electron chi connectivity index (χ0n) is 16.9. The van der Waals surface area contributed by atoms with E-state index in [9.17, 15) is 9.59 Å². The van der Waals surface area contributed by atoms with Crippen molar-refractivity contribution in [2.45, 2.75) is 25.4 Å². The van der Waals surface area contributed by atoms with Gasteiger partial charge in [-0.3, -0.25) is 9.59 Å². The number of hydrogen-bond acceptors (Lipinski definition) is 5. The number of aryl methyl sites for hydroxylation is 2. The Balaban J connectivity index is 1.54. The van der Waals surface area contributed by atoms with Crippen LogP contribution in [-0.4, -0.2) is 32.3 Å². The number of nitrogens with zero attached hydrogens (tertiary/aromatic N) is 3. The van der Waals surface area contributed by atoms with E-state index < -0.39 is 0 Å². The van der Waals surface area contributed by atoms with Crippen molar-refractivity contribution in [2.24, 2.45) is 7.05 Å². The van der Waals surface area contributed by atoms with Crippen LogP contribution in [0.1, 0.15) is 17.0 Å². The first kappa shape index (κ1) is 21.9. The van der Waals surface area contributed by atoms with Crippen LogP contribution in [0.2, 0.25) is 5.02 Å². The van der Waals surface area contributed by atoms with Gasteiger partial charge in [0.25, 0.3) is 0 Å². The van der Waals surface area contributed by atoms with Crippen molar-refractivity contribution < 1.29 is 9.59 Å². The van der Waals surface area contributed by atoms with Crippen LogP contribution >= 0.6 is 23.4 Å². The van der Waals surface area contributed by atoms with Gasteiger partial charge in [-0.2, -0.15) is 0 Å². The van der Waals surface area contributed by atoms with Crippen molar-refractivity contribution in [1.29, 1.82) is 0 Å². The molecular weight excluding hydrogens is 422 g/mol. The molecule has 30 heavy (non-hydrogen) atoms. The number of hydrogen-bond donors (Lipinski definition) is 2. The Hall–Kier alpha value is -2.84. The molecule has 2 N–H and O–H groups in total. The Morgan fingerprint density at radius 2 is 1.77 bits per heavy atom. The van der Waals surface area contributed by atoms with Gasteiger partial charge in [0.1, 0.15) is 5.82 Å². The number of anilines is 2. The van der Waals surface area contributed by atoms with E-state index in [0.29, 0.717) is 21.7 Å². The molecule has 2 amide bonds. The summed E-state index contributed by atoms with van der Waals surface area (Å²) in [5.74, 6) is 0.366. The molecule has 0 aliphatic carbocycles. The summed E-state index contributed by atoms with van der Waals surface area (Å²) in [7, 11) is 1.77. The molecular formula is C21H22ClN5O2S. The highest BCUT2D eigenvalue weighted by Gasteiger charge is 2.15. The van der Waals surface area contributed by atoms with Gasteiger partial charge < -0.3 is 15.2 Å². The molecule has 0 unspecified atom stereocenters. The monoisotopic (exact) mass is 443 g/mol. The molecule has 3 aromatic rings. The molecule has 0 spiro atoms. The molecule has 0 radical (unpaired) electrons. The molecule has 0 atom stereocenters. The fourth-order valence-corrected chi connectivity index (χ4v) is 3.55. The molecule has 1 aromatic heterocycles. The lowest BCUT2D eigenvalue weighted by Gasteiger charge is -2.09. The minimum absolute atomic E-state index is 0.0708. The van der Waals surface area contributed by atoms with Crippen LogP contribution in [0.4, 0.5) is 11.4 Å². The average molecular weight is 444 g/mol. The van der Waals surface area contributed by atoms with Crippen molar-refractivity contribution in [2.75, 3.05) is 16.4 Å². The van der Waals surface area contributed by atoms with Crippen molar-refractivity contribution in [3.05, 3.63) is 64.4 Å². The quantitative estimate of drug-likeness (QED) is 0.539. The number of halogens is 1. The maximum absolute atomic E-state index is 12.3. The molecule has 0 aliphatic rings. The fourth-order valence-electron chi connectivity index (χ4n) is 2.69. The molecule has 0 aliphatic heterocycles. The second-order valence-corrected chi connectivity index (χ2v) is 8.22. The average Bonchev–Trinajstić information content (AvgIpc) is 3.04. The van der Waals surface area contributed by atoms with Crippen LogP contribution in [0.15, 0.2) is 47.6 Å². The smallest absolute Gasteiger partial charge is 0.234 e. The summed E-state index contributed by atoms with van der Waals surface area (Å²) in [5, 5.41) is 15.1. The van der Waals surface area contributed by atoms with Gasteiger partial charge in [0.15, 0.2) is 5.16 Å². The number of carbonyl (C=O) groups excluding carboxylic acids is 2. The molecule has 0 fully saturated rings. The molecule has 156 valence electrons. The van der Waals surface area contributed by atoms with Crippen LogP contribution in [0.5, 0.6) is 0 Å². The summed E-state index contributed by atoms with van der Waals surface area (Å²) in [5.41, 5.74) is 3.55. The van der Waals surface area contributed by atoms with Crippen LogP contribution in [0, 0.1) is 13.8 Å². The van der Waals surface area contributed by atoms with Crippen LogP contribution < -0.4 is 10.6 Å². The fraction of sp³-hybridized carbons (Fsp3) is 0.238. The minimum atomic E-state index is -0.211. The topological polar surface area (TPSA) is 88.9 Å². The second kappa shape index (κ2) is 9.77. The van der Waals surface area contributed by atoms with Gasteiger partial charge in [0.2, 0.25) is 11.8 Å². The number of nitrogens with one attached hydrogen (secondary N) is 2. The van der Waals surface area contributed by atoms with Gasteiger partial charge in [-0.1, -0.05) is 35.5 Å². The zero-order chi connectivity index (χ0) is 21.7. The predicted molar refractivity (Wildman–Crippen MR) is 120 cm³/mol. The standard InChI is InChI=1S/C21H22ClN5O2S/c1-13-4-5-14(2)17(10-13)24-20(29)12-30-21-26-25-18(27(21)3)11-19(28)23-16-8-6-15(22)7-9-16/h4-10H,11-12H2,1-3H3,(H,23,28)(H,24,29). The predicted octanol–water partition coefficient (Wildman–Crippen LogP) is 4.00. The minimum Gasteiger partial charge on any atom is -0.326 e. The lowest BCUT2D eigenvalue weighted by atomic mass is 10.1. The largest absolute Gasteiger partial charge is 0.326 e. The number of benzene rings is 2. The SMILES string of the molecule is Cc1ccc(C)c(NC(=O)CSc2nnc(CC(=O)Nc3ccc(Cl)cc3)n2C)c1. The summed E-state index contributed by atoms with van der Waals surface area (Å²) in [4.78, 5) is 24.6. The Labute approximate surface area is 184 Å². The first-order valence-electron chi connectivity index (χ1n) is 9.25. The highest BCUT2D eigenvalue weighted by atomic mass is 35.5. The van der Waals surface area contributed by atoms with Crippen LogP contribution in [0.3, 0.4) is 0 Å². The van der Waals surface area contributed by atoms with E-state index in [1.165, 1.54) is 11.8 Å². The van der Waals surface area contributed by atoms with E-state index in [2.05, 4.69) is 20.8 Å². The van der Waals surface area contributed by atoms with Gasteiger partial charge in [-0.15, -0.1) is 10.2 Å². The van der Waals surface area contributed by atoms with E-state index >= 15 is 0 Å². The van der Waals surface area contributed by atoms with E-state index in [1.54, 1.807) is 35.9 Å². The van der Waals surface area contributed by atoms with E-state index in [1.807, 2.05) is 32.0 Å². The van der Waals surface area contributed by atoms with Gasteiger partial charge in [-0.25, -0.2) is 0 Å². The number of thioether (sulfide) groups is 1. The summed E-state index contributed by atoms with van der Waals surface area (Å²) in [6.45, 7) is 3.93. The molecule has 3 rings (SSSR count). The summed E-state index contributed by atoms with van der Waals surface area (Å²) in [6, 6.07) is 12.8. The Bertz CT molecular complexity index is 1070. The lowest BCUT2D eigenvalue weighted by Crippen LogP contribution is -2.17. The summed E-state index contributed by atoms with van der Waals surface area (Å²) in [6.07, 6.45) is 0.0708. The molecule has 7 nitrogen and oxygen atoms in total. The first-order valence-corrected chi connectivity index (χ1v) is 10.6. The molecule has 1 heterocycles. The Kier molecular flexibility index (Phi) is 7.12. The number of rotatable bonds is 7. The van der Waals surface area contributed by atoms with Gasteiger partial charge in [0, 0.05) is 23.4 Å². The number of amides is 2. The number of aromatic nitrogens is 3. The van der Waals surface area contributed by atoms with Gasteiger partial charge >= 0.3 is 0 Å². The third kappa shape index (κ3) is 5.84. The van der Waals surface area contributed by atoms with E-state index in [-0.39, 0.29) is 24.0 Å². The summed E-state index contributed by atoms with van der Waals surface area (Å²) < 4.78 is 1.72. The maximum atomic E-state index is 12.3. The van der Waals surface area contributed by atoms with E-state index in [0.717, 1.165) is 16.8 Å². The highest BCUT2D eigenvalue weighted by molar-refractivity contribution is 7.99. The van der Waals surface area contributed by atoms with Crippen LogP contribution in [0.25, 0.3) is 0 Å². The molecule has 0 saturated carbocycles. The first-order chi connectivity index (χ1) is 14.3. The third-order valence-corrected chi connectivity index (χ3v) is 5.64. The van der Waals surface area contributed by atoms with Crippen molar-refractivity contribution >= 4 is 46.6 Å².